The van der Waals surface area contributed by atoms with Crippen molar-refractivity contribution in [2.45, 2.75) is 46.0 Å². The molecule has 1 unspecified atom stereocenters. The molecule has 1 atom stereocenters. The van der Waals surface area contributed by atoms with Gasteiger partial charge in [0.1, 0.15) is 0 Å². The Morgan fingerprint density at radius 2 is 2.12 bits per heavy atom. The Labute approximate surface area is 157 Å². The molecule has 2 N–H and O–H groups in total. The fourth-order valence-corrected chi connectivity index (χ4v) is 4.56. The van der Waals surface area contributed by atoms with Crippen LogP contribution in [0, 0.1) is 12.8 Å². The minimum absolute atomic E-state index is 0.0239. The van der Waals surface area contributed by atoms with Crippen molar-refractivity contribution < 1.29 is 4.79 Å². The third kappa shape index (κ3) is 2.77. The van der Waals surface area contributed by atoms with Crippen LogP contribution < -0.4 is 5.32 Å². The molecule has 2 aromatic rings. The van der Waals surface area contributed by atoms with Crippen LogP contribution in [0.25, 0.3) is 11.6 Å². The lowest BCUT2D eigenvalue weighted by molar-refractivity contribution is -0.110. The molecule has 1 aromatic carbocycles. The molecule has 25 heavy (non-hydrogen) atoms. The van der Waals surface area contributed by atoms with E-state index in [9.17, 15) is 4.79 Å². The third-order valence-electron chi connectivity index (χ3n) is 5.56. The van der Waals surface area contributed by atoms with Gasteiger partial charge >= 0.3 is 0 Å². The van der Waals surface area contributed by atoms with E-state index < -0.39 is 0 Å². The maximum atomic E-state index is 12.5. The highest BCUT2D eigenvalue weighted by atomic mass is 79.9. The predicted octanol–water partition coefficient (Wildman–Crippen LogP) is 5.65. The van der Waals surface area contributed by atoms with Crippen molar-refractivity contribution in [1.29, 1.82) is 0 Å². The normalized spacial score (nSPS) is 20.8. The number of fused-ring (bicyclic) bond motifs is 2. The number of amides is 1. The lowest BCUT2D eigenvalue weighted by atomic mass is 9.80. The summed E-state index contributed by atoms with van der Waals surface area (Å²) in [6, 6.07) is 6.20. The number of hydrogen-bond acceptors (Lipinski definition) is 1. The van der Waals surface area contributed by atoms with Crippen molar-refractivity contribution in [3.05, 3.63) is 50.8 Å². The van der Waals surface area contributed by atoms with Crippen LogP contribution in [0.3, 0.4) is 0 Å². The number of benzene rings is 1. The number of hydrogen-bond donors (Lipinski definition) is 2. The molecule has 0 saturated carbocycles. The van der Waals surface area contributed by atoms with Crippen LogP contribution in [0.1, 0.15) is 60.7 Å². The second kappa shape index (κ2) is 6.17. The van der Waals surface area contributed by atoms with Gasteiger partial charge in [0.25, 0.3) is 5.91 Å². The highest BCUT2D eigenvalue weighted by Crippen LogP contribution is 2.40. The zero-order valence-corrected chi connectivity index (χ0v) is 16.5. The monoisotopic (exact) mass is 398 g/mol. The minimum atomic E-state index is -0.0239. The summed E-state index contributed by atoms with van der Waals surface area (Å²) in [5.74, 6) is 1.24. The van der Waals surface area contributed by atoms with E-state index in [0.717, 1.165) is 39.0 Å². The van der Waals surface area contributed by atoms with Crippen molar-refractivity contribution >= 4 is 39.2 Å². The number of anilines is 1. The quantitative estimate of drug-likeness (QED) is 0.630. The molecule has 1 aliphatic carbocycles. The van der Waals surface area contributed by atoms with E-state index in [1.165, 1.54) is 24.1 Å². The summed E-state index contributed by atoms with van der Waals surface area (Å²) in [6.07, 6.45) is 5.61. The van der Waals surface area contributed by atoms with Gasteiger partial charge in [0, 0.05) is 27.1 Å². The predicted molar refractivity (Wildman–Crippen MR) is 107 cm³/mol. The number of carbonyl (C=O) groups excluding carboxylic acids is 1. The lowest BCUT2D eigenvalue weighted by Crippen LogP contribution is -2.13. The fraction of sp³-hybridized carbons (Fsp3) is 0.381. The maximum Gasteiger partial charge on any atom is 0.256 e. The van der Waals surface area contributed by atoms with Crippen LogP contribution in [0.4, 0.5) is 5.69 Å². The Kier molecular flexibility index (Phi) is 4.11. The van der Waals surface area contributed by atoms with Crippen LogP contribution in [-0.4, -0.2) is 10.9 Å². The number of H-pyrrole nitrogens is 1. The molecule has 1 aromatic heterocycles. The Bertz CT molecular complexity index is 892. The topological polar surface area (TPSA) is 44.9 Å². The fourth-order valence-electron chi connectivity index (χ4n) is 4.23. The van der Waals surface area contributed by atoms with E-state index in [0.29, 0.717) is 11.8 Å². The number of carbonyl (C=O) groups is 1. The molecule has 4 rings (SSSR count). The Morgan fingerprint density at radius 3 is 2.88 bits per heavy atom. The number of rotatable bonds is 2. The first kappa shape index (κ1) is 16.6. The minimum Gasteiger partial charge on any atom is -0.359 e. The number of aromatic nitrogens is 1. The second-order valence-corrected chi connectivity index (χ2v) is 8.36. The first-order valence-corrected chi connectivity index (χ1v) is 9.79. The van der Waals surface area contributed by atoms with Gasteiger partial charge in [-0.1, -0.05) is 29.8 Å². The SMILES string of the molecule is Cc1c(Br)ccc2c1C(=Cc1cc3c([nH]1)CCCC3C(C)C)C(=O)N2. The summed E-state index contributed by atoms with van der Waals surface area (Å²) in [6.45, 7) is 6.64. The molecule has 0 radical (unpaired) electrons. The van der Waals surface area contributed by atoms with Gasteiger partial charge in [0.15, 0.2) is 0 Å². The summed E-state index contributed by atoms with van der Waals surface area (Å²) in [7, 11) is 0. The second-order valence-electron chi connectivity index (χ2n) is 7.51. The molecule has 130 valence electrons. The third-order valence-corrected chi connectivity index (χ3v) is 6.42. The van der Waals surface area contributed by atoms with Gasteiger partial charge in [-0.05, 0) is 73.4 Å². The van der Waals surface area contributed by atoms with Gasteiger partial charge in [-0.15, -0.1) is 0 Å². The van der Waals surface area contributed by atoms with Crippen molar-refractivity contribution in [2.75, 3.05) is 5.32 Å². The van der Waals surface area contributed by atoms with Gasteiger partial charge in [0.05, 0.1) is 5.57 Å². The zero-order chi connectivity index (χ0) is 17.7. The van der Waals surface area contributed by atoms with E-state index >= 15 is 0 Å². The van der Waals surface area contributed by atoms with Gasteiger partial charge in [-0.25, -0.2) is 0 Å². The summed E-state index contributed by atoms with van der Waals surface area (Å²) < 4.78 is 1.03. The summed E-state index contributed by atoms with van der Waals surface area (Å²) in [4.78, 5) is 16.1. The van der Waals surface area contributed by atoms with Crippen molar-refractivity contribution in [3.63, 3.8) is 0 Å². The molecule has 1 amide bonds. The summed E-state index contributed by atoms with van der Waals surface area (Å²) >= 11 is 3.58. The van der Waals surface area contributed by atoms with Crippen LogP contribution in [-0.2, 0) is 11.2 Å². The molecular weight excluding hydrogens is 376 g/mol. The van der Waals surface area contributed by atoms with E-state index in [2.05, 4.69) is 46.1 Å². The smallest absolute Gasteiger partial charge is 0.256 e. The highest BCUT2D eigenvalue weighted by Gasteiger charge is 2.28. The standard InChI is InChI=1S/C21H23BrN2O/c1-11(2)14-5-4-6-18-15(14)9-13(23-18)10-16-20-12(3)17(22)7-8-19(20)24-21(16)25/h7-11,14,23H,4-6H2,1-3H3,(H,24,25). The number of aromatic amines is 1. The Balaban J connectivity index is 1.79. The molecule has 3 nitrogen and oxygen atoms in total. The summed E-state index contributed by atoms with van der Waals surface area (Å²) in [5.41, 5.74) is 7.57. The van der Waals surface area contributed by atoms with Crippen LogP contribution >= 0.6 is 15.9 Å². The molecule has 2 aliphatic rings. The van der Waals surface area contributed by atoms with E-state index in [4.69, 9.17) is 0 Å². The van der Waals surface area contributed by atoms with Gasteiger partial charge in [-0.2, -0.15) is 0 Å². The molecule has 1 aliphatic heterocycles. The molecule has 0 bridgehead atoms. The molecular formula is C21H23BrN2O. The largest absolute Gasteiger partial charge is 0.359 e. The van der Waals surface area contributed by atoms with E-state index in [1.54, 1.807) is 0 Å². The maximum absolute atomic E-state index is 12.5. The first-order chi connectivity index (χ1) is 12.0. The van der Waals surface area contributed by atoms with Gasteiger partial charge in [-0.3, -0.25) is 4.79 Å². The van der Waals surface area contributed by atoms with Crippen molar-refractivity contribution in [1.82, 2.24) is 4.98 Å². The number of aryl methyl sites for hydroxylation is 1. The van der Waals surface area contributed by atoms with Gasteiger partial charge < -0.3 is 10.3 Å². The van der Waals surface area contributed by atoms with Crippen LogP contribution in [0.2, 0.25) is 0 Å². The Morgan fingerprint density at radius 1 is 1.32 bits per heavy atom. The summed E-state index contributed by atoms with van der Waals surface area (Å²) in [5, 5.41) is 2.98. The number of halogens is 1. The average molecular weight is 399 g/mol. The van der Waals surface area contributed by atoms with E-state index in [-0.39, 0.29) is 5.91 Å². The first-order valence-electron chi connectivity index (χ1n) is 9.00. The molecule has 2 heterocycles. The van der Waals surface area contributed by atoms with Crippen LogP contribution in [0.5, 0.6) is 0 Å². The molecule has 4 heteroatoms. The average Bonchev–Trinajstić information content (AvgIpc) is 3.12. The van der Waals surface area contributed by atoms with Gasteiger partial charge in [0.2, 0.25) is 0 Å². The van der Waals surface area contributed by atoms with Crippen molar-refractivity contribution in [2.24, 2.45) is 5.92 Å². The highest BCUT2D eigenvalue weighted by molar-refractivity contribution is 9.10. The molecule has 0 spiro atoms. The lowest BCUT2D eigenvalue weighted by Gasteiger charge is -2.25. The Hall–Kier alpha value is -1.81. The molecule has 0 fully saturated rings. The zero-order valence-electron chi connectivity index (χ0n) is 14.9. The van der Waals surface area contributed by atoms with E-state index in [1.807, 2.05) is 25.1 Å². The van der Waals surface area contributed by atoms with Crippen LogP contribution in [0.15, 0.2) is 22.7 Å². The van der Waals surface area contributed by atoms with Crippen molar-refractivity contribution in [3.8, 4) is 0 Å². The molecule has 0 saturated heterocycles. The number of nitrogens with one attached hydrogen (secondary N) is 2.